The molecule has 0 saturated carbocycles. The number of anilines is 1. The van der Waals surface area contributed by atoms with Gasteiger partial charge in [-0.1, -0.05) is 44.2 Å². The molecule has 0 aliphatic rings. The number of aryl methyl sites for hydroxylation is 1. The average Bonchev–Trinajstić information content (AvgIpc) is 2.38. The van der Waals surface area contributed by atoms with Gasteiger partial charge in [-0.3, -0.25) is 0 Å². The van der Waals surface area contributed by atoms with Crippen LogP contribution in [0.25, 0.3) is 0 Å². The van der Waals surface area contributed by atoms with Gasteiger partial charge in [0.25, 0.3) is 0 Å². The maximum Gasteiger partial charge on any atom is 0.0487 e. The summed E-state index contributed by atoms with van der Waals surface area (Å²) in [5.74, 6) is 0.591. The minimum absolute atomic E-state index is 0.591. The van der Waals surface area contributed by atoms with Crippen LogP contribution in [0.15, 0.2) is 46.9 Å². The van der Waals surface area contributed by atoms with Gasteiger partial charge in [0, 0.05) is 16.7 Å². The Morgan fingerprint density at radius 2 is 1.74 bits per heavy atom. The van der Waals surface area contributed by atoms with Gasteiger partial charge < -0.3 is 5.32 Å². The van der Waals surface area contributed by atoms with Crippen LogP contribution >= 0.6 is 15.9 Å². The highest BCUT2D eigenvalue weighted by Crippen LogP contribution is 2.24. The molecule has 0 radical (unpaired) electrons. The van der Waals surface area contributed by atoms with Crippen LogP contribution in [0.1, 0.15) is 36.5 Å². The van der Waals surface area contributed by atoms with Crippen molar-refractivity contribution in [3.8, 4) is 0 Å². The molecule has 0 aliphatic heterocycles. The van der Waals surface area contributed by atoms with Crippen LogP contribution in [-0.4, -0.2) is 0 Å². The summed E-state index contributed by atoms with van der Waals surface area (Å²) in [5.41, 5.74) is 5.09. The van der Waals surface area contributed by atoms with Gasteiger partial charge >= 0.3 is 0 Å². The topological polar surface area (TPSA) is 12.0 Å². The molecule has 0 unspecified atom stereocenters. The first-order chi connectivity index (χ1) is 9.06. The summed E-state index contributed by atoms with van der Waals surface area (Å²) in [5, 5.41) is 3.46. The third kappa shape index (κ3) is 3.84. The average molecular weight is 318 g/mol. The van der Waals surface area contributed by atoms with E-state index in [0.717, 1.165) is 16.7 Å². The summed E-state index contributed by atoms with van der Waals surface area (Å²) in [7, 11) is 0. The zero-order valence-corrected chi connectivity index (χ0v) is 13.3. The van der Waals surface area contributed by atoms with Crippen molar-refractivity contribution in [3.05, 3.63) is 63.6 Å². The van der Waals surface area contributed by atoms with Gasteiger partial charge in [-0.15, -0.1) is 0 Å². The largest absolute Gasteiger partial charge is 0.380 e. The Morgan fingerprint density at radius 3 is 2.32 bits per heavy atom. The SMILES string of the molecule is Cc1ccc(NCc2ccc(C(C)C)cc2)c(Br)c1. The molecule has 1 N–H and O–H groups in total. The highest BCUT2D eigenvalue weighted by Gasteiger charge is 2.01. The molecule has 0 aromatic heterocycles. The Balaban J connectivity index is 2.02. The predicted molar refractivity (Wildman–Crippen MR) is 86.7 cm³/mol. The van der Waals surface area contributed by atoms with E-state index in [4.69, 9.17) is 0 Å². The molecular weight excluding hydrogens is 298 g/mol. The van der Waals surface area contributed by atoms with Crippen LogP contribution in [0.5, 0.6) is 0 Å². The van der Waals surface area contributed by atoms with Crippen molar-refractivity contribution in [3.63, 3.8) is 0 Å². The lowest BCUT2D eigenvalue weighted by Gasteiger charge is -2.11. The molecule has 0 atom stereocenters. The zero-order chi connectivity index (χ0) is 13.8. The molecule has 0 saturated heterocycles. The number of nitrogens with one attached hydrogen (secondary N) is 1. The third-order valence-corrected chi connectivity index (χ3v) is 3.91. The second kappa shape index (κ2) is 6.25. The fourth-order valence-electron chi connectivity index (χ4n) is 1.98. The first-order valence-corrected chi connectivity index (χ1v) is 7.44. The monoisotopic (exact) mass is 317 g/mol. The molecule has 19 heavy (non-hydrogen) atoms. The first kappa shape index (κ1) is 14.1. The normalized spacial score (nSPS) is 10.8. The Morgan fingerprint density at radius 1 is 1.05 bits per heavy atom. The number of halogens is 1. The minimum atomic E-state index is 0.591. The van der Waals surface area contributed by atoms with E-state index >= 15 is 0 Å². The lowest BCUT2D eigenvalue weighted by Crippen LogP contribution is -2.00. The van der Waals surface area contributed by atoms with Crippen molar-refractivity contribution < 1.29 is 0 Å². The molecular formula is C17H20BrN. The van der Waals surface area contributed by atoms with Crippen molar-refractivity contribution in [2.75, 3.05) is 5.32 Å². The lowest BCUT2D eigenvalue weighted by molar-refractivity contribution is 0.865. The van der Waals surface area contributed by atoms with E-state index in [9.17, 15) is 0 Å². The molecule has 0 bridgehead atoms. The Hall–Kier alpha value is -1.28. The van der Waals surface area contributed by atoms with Gasteiger partial charge in [-0.25, -0.2) is 0 Å². The summed E-state index contributed by atoms with van der Waals surface area (Å²) >= 11 is 3.59. The van der Waals surface area contributed by atoms with Gasteiger partial charge in [0.1, 0.15) is 0 Å². The maximum atomic E-state index is 3.59. The van der Waals surface area contributed by atoms with Crippen molar-refractivity contribution in [2.24, 2.45) is 0 Å². The number of hydrogen-bond donors (Lipinski definition) is 1. The summed E-state index contributed by atoms with van der Waals surface area (Å²) in [6.45, 7) is 7.38. The molecule has 0 fully saturated rings. The third-order valence-electron chi connectivity index (χ3n) is 3.25. The van der Waals surface area contributed by atoms with E-state index in [1.54, 1.807) is 0 Å². The number of hydrogen-bond acceptors (Lipinski definition) is 1. The van der Waals surface area contributed by atoms with E-state index in [1.807, 2.05) is 0 Å². The summed E-state index contributed by atoms with van der Waals surface area (Å²) < 4.78 is 1.12. The van der Waals surface area contributed by atoms with Gasteiger partial charge in [0.05, 0.1) is 0 Å². The quantitative estimate of drug-likeness (QED) is 0.785. The van der Waals surface area contributed by atoms with Gasteiger partial charge in [0.2, 0.25) is 0 Å². The maximum absolute atomic E-state index is 3.59. The van der Waals surface area contributed by atoms with Gasteiger partial charge in [-0.05, 0) is 57.6 Å². The predicted octanol–water partition coefficient (Wildman–Crippen LogP) is 5.49. The van der Waals surface area contributed by atoms with Crippen LogP contribution in [0, 0.1) is 6.92 Å². The molecule has 2 rings (SSSR count). The van der Waals surface area contributed by atoms with Crippen LogP contribution in [0.3, 0.4) is 0 Å². The Kier molecular flexibility index (Phi) is 4.65. The van der Waals surface area contributed by atoms with Crippen LogP contribution in [0.4, 0.5) is 5.69 Å². The van der Waals surface area contributed by atoms with E-state index in [-0.39, 0.29) is 0 Å². The molecule has 2 aromatic carbocycles. The smallest absolute Gasteiger partial charge is 0.0487 e. The van der Waals surface area contributed by atoms with E-state index in [2.05, 4.69) is 84.5 Å². The summed E-state index contributed by atoms with van der Waals surface area (Å²) in [6, 6.07) is 15.2. The molecule has 100 valence electrons. The number of benzene rings is 2. The zero-order valence-electron chi connectivity index (χ0n) is 11.7. The fourth-order valence-corrected chi connectivity index (χ4v) is 2.61. The van der Waals surface area contributed by atoms with Crippen molar-refractivity contribution >= 4 is 21.6 Å². The second-order valence-electron chi connectivity index (χ2n) is 5.23. The molecule has 0 amide bonds. The van der Waals surface area contributed by atoms with Crippen LogP contribution in [0.2, 0.25) is 0 Å². The molecule has 0 aliphatic carbocycles. The van der Waals surface area contributed by atoms with E-state index in [1.165, 1.54) is 16.7 Å². The van der Waals surface area contributed by atoms with Crippen LogP contribution < -0.4 is 5.32 Å². The van der Waals surface area contributed by atoms with Crippen molar-refractivity contribution in [1.82, 2.24) is 0 Å². The Labute approximate surface area is 124 Å². The highest BCUT2D eigenvalue weighted by molar-refractivity contribution is 9.10. The van der Waals surface area contributed by atoms with E-state index < -0.39 is 0 Å². The van der Waals surface area contributed by atoms with Crippen molar-refractivity contribution in [1.29, 1.82) is 0 Å². The van der Waals surface area contributed by atoms with Gasteiger partial charge in [-0.2, -0.15) is 0 Å². The second-order valence-corrected chi connectivity index (χ2v) is 6.09. The number of rotatable bonds is 4. The minimum Gasteiger partial charge on any atom is -0.380 e. The summed E-state index contributed by atoms with van der Waals surface area (Å²) in [6.07, 6.45) is 0. The molecule has 1 nitrogen and oxygen atoms in total. The molecule has 0 spiro atoms. The molecule has 0 heterocycles. The Bertz CT molecular complexity index is 544. The standard InChI is InChI=1S/C17H20BrN/c1-12(2)15-7-5-14(6-8-15)11-19-17-9-4-13(3)10-16(17)18/h4-10,12,19H,11H2,1-3H3. The lowest BCUT2D eigenvalue weighted by atomic mass is 10.0. The molecule has 2 aromatic rings. The molecule has 2 heteroatoms. The van der Waals surface area contributed by atoms with E-state index in [0.29, 0.717) is 5.92 Å². The van der Waals surface area contributed by atoms with Crippen LogP contribution in [-0.2, 0) is 6.54 Å². The summed E-state index contributed by atoms with van der Waals surface area (Å²) in [4.78, 5) is 0. The first-order valence-electron chi connectivity index (χ1n) is 6.65. The highest BCUT2D eigenvalue weighted by atomic mass is 79.9. The van der Waals surface area contributed by atoms with Gasteiger partial charge in [0.15, 0.2) is 0 Å². The van der Waals surface area contributed by atoms with Crippen molar-refractivity contribution in [2.45, 2.75) is 33.2 Å². The fraction of sp³-hybridized carbons (Fsp3) is 0.294.